The summed E-state index contributed by atoms with van der Waals surface area (Å²) in [7, 11) is 0. The number of rotatable bonds is 9. The maximum Gasteiger partial charge on any atom is 0.266 e. The molecule has 5 nitrogen and oxygen atoms in total. The third-order valence-electron chi connectivity index (χ3n) is 4.67. The fourth-order valence-corrected chi connectivity index (χ4v) is 4.42. The minimum atomic E-state index is -0.407. The second-order valence-electron chi connectivity index (χ2n) is 6.52. The Labute approximate surface area is 189 Å². The fraction of sp³-hybridized carbons (Fsp3) is 0.333. The normalized spacial score (nSPS) is 11.3. The molecule has 0 unspecified atom stereocenters. The van der Waals surface area contributed by atoms with Crippen molar-refractivity contribution in [3.63, 3.8) is 0 Å². The van der Waals surface area contributed by atoms with Crippen LogP contribution in [0.2, 0.25) is 10.0 Å². The smallest absolute Gasteiger partial charge is 0.266 e. The van der Waals surface area contributed by atoms with Gasteiger partial charge in [0.15, 0.2) is 11.7 Å². The lowest BCUT2D eigenvalue weighted by atomic mass is 10.3. The van der Waals surface area contributed by atoms with Crippen molar-refractivity contribution < 1.29 is 13.9 Å². The Morgan fingerprint density at radius 2 is 1.93 bits per heavy atom. The first-order valence-electron chi connectivity index (χ1n) is 9.58. The number of hydrogen-bond donors (Lipinski definition) is 0. The third-order valence-corrected chi connectivity index (χ3v) is 6.24. The highest BCUT2D eigenvalue weighted by Crippen LogP contribution is 2.31. The summed E-state index contributed by atoms with van der Waals surface area (Å²) in [4.78, 5) is 21.2. The van der Waals surface area contributed by atoms with Gasteiger partial charge in [-0.3, -0.25) is 9.69 Å². The largest absolute Gasteiger partial charge is 0.482 e. The van der Waals surface area contributed by atoms with Gasteiger partial charge in [-0.1, -0.05) is 54.5 Å². The molecule has 3 aromatic rings. The second-order valence-corrected chi connectivity index (χ2v) is 8.37. The van der Waals surface area contributed by atoms with E-state index in [9.17, 15) is 9.18 Å². The third kappa shape index (κ3) is 5.40. The van der Waals surface area contributed by atoms with Gasteiger partial charge in [-0.2, -0.15) is 0 Å². The maximum atomic E-state index is 14.1. The Balaban J connectivity index is 1.82. The summed E-state index contributed by atoms with van der Waals surface area (Å²) in [6, 6.07) is 9.59. The molecule has 30 heavy (non-hydrogen) atoms. The quantitative estimate of drug-likeness (QED) is 0.415. The zero-order valence-corrected chi connectivity index (χ0v) is 19.0. The van der Waals surface area contributed by atoms with Gasteiger partial charge in [-0.25, -0.2) is 9.37 Å². The van der Waals surface area contributed by atoms with Crippen molar-refractivity contribution in [3.05, 3.63) is 52.3 Å². The van der Waals surface area contributed by atoms with Gasteiger partial charge < -0.3 is 9.64 Å². The first kappa shape index (κ1) is 22.7. The van der Waals surface area contributed by atoms with Gasteiger partial charge in [-0.05, 0) is 43.4 Å². The number of nitrogens with zero attached hydrogens (tertiary/aromatic N) is 3. The Bertz CT molecular complexity index is 1030. The number of amides is 1. The number of anilines is 1. The number of aromatic nitrogens is 1. The molecule has 0 aliphatic carbocycles. The van der Waals surface area contributed by atoms with E-state index < -0.39 is 5.82 Å². The molecule has 1 aromatic heterocycles. The number of likely N-dealkylation sites (N-methyl/N-ethyl adjacent to an activating group) is 1. The highest BCUT2D eigenvalue weighted by Gasteiger charge is 2.22. The second kappa shape index (κ2) is 10.4. The van der Waals surface area contributed by atoms with Crippen molar-refractivity contribution in [2.24, 2.45) is 0 Å². The monoisotopic (exact) mass is 469 g/mol. The number of benzene rings is 2. The SMILES string of the molecule is CCN(CC)CCN(C(=O)COc1ccc(Cl)cc1Cl)c1nc2c(F)cccc2s1. The summed E-state index contributed by atoms with van der Waals surface area (Å²) in [6.45, 7) is 6.72. The van der Waals surface area contributed by atoms with E-state index in [1.165, 1.54) is 17.4 Å². The number of carbonyl (C=O) groups is 1. The molecule has 2 aromatic carbocycles. The van der Waals surface area contributed by atoms with E-state index in [2.05, 4.69) is 23.7 Å². The molecule has 0 spiro atoms. The number of hydrogen-bond acceptors (Lipinski definition) is 5. The van der Waals surface area contributed by atoms with Crippen molar-refractivity contribution in [1.82, 2.24) is 9.88 Å². The lowest BCUT2D eigenvalue weighted by Gasteiger charge is -2.24. The topological polar surface area (TPSA) is 45.7 Å². The van der Waals surface area contributed by atoms with Gasteiger partial charge in [0.25, 0.3) is 5.91 Å². The average molecular weight is 470 g/mol. The Hall–Kier alpha value is -1.93. The van der Waals surface area contributed by atoms with Crippen molar-refractivity contribution in [2.75, 3.05) is 37.7 Å². The lowest BCUT2D eigenvalue weighted by Crippen LogP contribution is -2.41. The molecule has 0 fully saturated rings. The van der Waals surface area contributed by atoms with Gasteiger partial charge in [0.2, 0.25) is 0 Å². The zero-order valence-electron chi connectivity index (χ0n) is 16.7. The van der Waals surface area contributed by atoms with Crippen LogP contribution in [0.1, 0.15) is 13.8 Å². The van der Waals surface area contributed by atoms with E-state index in [1.807, 2.05) is 0 Å². The summed E-state index contributed by atoms with van der Waals surface area (Å²) in [5, 5.41) is 1.25. The summed E-state index contributed by atoms with van der Waals surface area (Å²) in [6.07, 6.45) is 0. The van der Waals surface area contributed by atoms with Crippen molar-refractivity contribution in [1.29, 1.82) is 0 Å². The molecule has 0 aliphatic rings. The van der Waals surface area contributed by atoms with Crippen LogP contribution in [-0.2, 0) is 4.79 Å². The number of ether oxygens (including phenoxy) is 1. The van der Waals surface area contributed by atoms with Crippen LogP contribution in [0.15, 0.2) is 36.4 Å². The molecule has 0 radical (unpaired) electrons. The fourth-order valence-electron chi connectivity index (χ4n) is 2.94. The Morgan fingerprint density at radius 3 is 2.60 bits per heavy atom. The molecule has 0 N–H and O–H groups in total. The predicted octanol–water partition coefficient (Wildman–Crippen LogP) is 5.50. The number of thiazole rings is 1. The van der Waals surface area contributed by atoms with Gasteiger partial charge in [0.05, 0.1) is 9.72 Å². The maximum absolute atomic E-state index is 14.1. The standard InChI is InChI=1S/C21H22Cl2FN3O2S/c1-3-26(4-2)10-11-27(21-25-20-16(24)6-5-7-18(20)30-21)19(28)13-29-17-9-8-14(22)12-15(17)23/h5-9,12H,3-4,10-11,13H2,1-2H3. The van der Waals surface area contributed by atoms with Crippen LogP contribution in [0.25, 0.3) is 10.2 Å². The molecule has 0 saturated heterocycles. The summed E-state index contributed by atoms with van der Waals surface area (Å²) in [5.74, 6) is -0.323. The Morgan fingerprint density at radius 1 is 1.17 bits per heavy atom. The summed E-state index contributed by atoms with van der Waals surface area (Å²) >= 11 is 13.3. The molecule has 3 rings (SSSR count). The molecule has 0 atom stereocenters. The van der Waals surface area contributed by atoms with Gasteiger partial charge in [0.1, 0.15) is 17.1 Å². The molecule has 160 valence electrons. The van der Waals surface area contributed by atoms with Gasteiger partial charge in [0, 0.05) is 18.1 Å². The Kier molecular flexibility index (Phi) is 7.88. The summed E-state index contributed by atoms with van der Waals surface area (Å²) < 4.78 is 20.4. The molecular weight excluding hydrogens is 448 g/mol. The van der Waals surface area contributed by atoms with E-state index in [0.717, 1.165) is 13.1 Å². The van der Waals surface area contributed by atoms with E-state index >= 15 is 0 Å². The highest BCUT2D eigenvalue weighted by atomic mass is 35.5. The van der Waals surface area contributed by atoms with E-state index in [1.54, 1.807) is 35.2 Å². The van der Waals surface area contributed by atoms with E-state index in [4.69, 9.17) is 27.9 Å². The number of halogens is 3. The van der Waals surface area contributed by atoms with Crippen molar-refractivity contribution >= 4 is 55.8 Å². The minimum absolute atomic E-state index is 0.224. The first-order chi connectivity index (χ1) is 14.4. The van der Waals surface area contributed by atoms with Crippen LogP contribution in [0.3, 0.4) is 0 Å². The zero-order chi connectivity index (χ0) is 21.7. The molecular formula is C21H22Cl2FN3O2S. The van der Waals surface area contributed by atoms with Crippen LogP contribution in [0.4, 0.5) is 9.52 Å². The van der Waals surface area contributed by atoms with Crippen molar-refractivity contribution in [2.45, 2.75) is 13.8 Å². The molecule has 1 heterocycles. The van der Waals surface area contributed by atoms with Gasteiger partial charge >= 0.3 is 0 Å². The van der Waals surface area contributed by atoms with Crippen LogP contribution >= 0.6 is 34.5 Å². The van der Waals surface area contributed by atoms with Gasteiger partial charge in [-0.15, -0.1) is 0 Å². The summed E-state index contributed by atoms with van der Waals surface area (Å²) in [5.41, 5.74) is 0.264. The number of carbonyl (C=O) groups excluding carboxylic acids is 1. The van der Waals surface area contributed by atoms with Crippen LogP contribution < -0.4 is 9.64 Å². The average Bonchev–Trinajstić information content (AvgIpc) is 3.16. The van der Waals surface area contributed by atoms with Crippen LogP contribution in [0, 0.1) is 5.82 Å². The van der Waals surface area contributed by atoms with Crippen LogP contribution in [-0.4, -0.2) is 48.6 Å². The molecule has 1 amide bonds. The lowest BCUT2D eigenvalue weighted by molar-refractivity contribution is -0.120. The molecule has 0 bridgehead atoms. The molecule has 0 saturated carbocycles. The van der Waals surface area contributed by atoms with E-state index in [0.29, 0.717) is 38.7 Å². The minimum Gasteiger partial charge on any atom is -0.482 e. The van der Waals surface area contributed by atoms with E-state index in [-0.39, 0.29) is 18.0 Å². The highest BCUT2D eigenvalue weighted by molar-refractivity contribution is 7.22. The van der Waals surface area contributed by atoms with Crippen LogP contribution in [0.5, 0.6) is 5.75 Å². The molecule has 9 heteroatoms. The first-order valence-corrected chi connectivity index (χ1v) is 11.2. The predicted molar refractivity (Wildman–Crippen MR) is 122 cm³/mol. The number of fused-ring (bicyclic) bond motifs is 1. The molecule has 0 aliphatic heterocycles. The van der Waals surface area contributed by atoms with Crippen molar-refractivity contribution in [3.8, 4) is 5.75 Å². The number of para-hydroxylation sites is 1.